The molecule has 2 nitrogen and oxygen atoms in total. The molecule has 2 aromatic rings. The van der Waals surface area contributed by atoms with Crippen molar-refractivity contribution in [1.82, 2.24) is 4.98 Å². The number of rotatable bonds is 1. The molecule has 0 aliphatic rings. The van der Waals surface area contributed by atoms with Gasteiger partial charge in [-0.05, 0) is 26.0 Å². The Hall–Kier alpha value is -1.25. The molecule has 0 bridgehead atoms. The first-order chi connectivity index (χ1) is 7.99. The predicted molar refractivity (Wildman–Crippen MR) is 72.0 cm³/mol. The topological polar surface area (TPSA) is 32.9 Å². The molecule has 88 valence electrons. The summed E-state index contributed by atoms with van der Waals surface area (Å²) in [4.78, 5) is 15.1. The number of nitrogens with one attached hydrogen (secondary N) is 1. The molecular weight excluding hydrogens is 257 g/mol. The predicted octanol–water partition coefficient (Wildman–Crippen LogP) is 3.97. The maximum absolute atomic E-state index is 12.0. The minimum Gasteiger partial charge on any atom is -0.362 e. The van der Waals surface area contributed by atoms with Crippen LogP contribution < -0.4 is 5.43 Å². The molecule has 0 atom stereocenters. The lowest BCUT2D eigenvalue weighted by Crippen LogP contribution is -2.08. The molecule has 0 amide bonds. The zero-order valence-electron chi connectivity index (χ0n) is 9.47. The molecule has 0 saturated carbocycles. The van der Waals surface area contributed by atoms with Crippen LogP contribution in [0.4, 0.5) is 0 Å². The van der Waals surface area contributed by atoms with Crippen LogP contribution in [0.15, 0.2) is 29.1 Å². The molecule has 0 spiro atoms. The fourth-order valence-electron chi connectivity index (χ4n) is 1.87. The van der Waals surface area contributed by atoms with Crippen LogP contribution in [0.5, 0.6) is 0 Å². The second-order valence-corrected chi connectivity index (χ2v) is 4.78. The van der Waals surface area contributed by atoms with Gasteiger partial charge in [0.05, 0.1) is 5.02 Å². The van der Waals surface area contributed by atoms with Gasteiger partial charge >= 0.3 is 0 Å². The van der Waals surface area contributed by atoms with Crippen molar-refractivity contribution < 1.29 is 0 Å². The molecule has 17 heavy (non-hydrogen) atoms. The van der Waals surface area contributed by atoms with Gasteiger partial charge in [0, 0.05) is 33.6 Å². The Morgan fingerprint density at radius 2 is 1.82 bits per heavy atom. The van der Waals surface area contributed by atoms with E-state index in [0.717, 1.165) is 11.4 Å². The normalized spacial score (nSPS) is 10.6. The largest absolute Gasteiger partial charge is 0.362 e. The van der Waals surface area contributed by atoms with Crippen LogP contribution in [0.25, 0.3) is 11.1 Å². The molecule has 1 aromatic carbocycles. The third kappa shape index (κ3) is 2.38. The van der Waals surface area contributed by atoms with E-state index in [9.17, 15) is 4.79 Å². The quantitative estimate of drug-likeness (QED) is 0.834. The van der Waals surface area contributed by atoms with Crippen molar-refractivity contribution in [1.29, 1.82) is 0 Å². The fraction of sp³-hybridized carbons (Fsp3) is 0.154. The van der Waals surface area contributed by atoms with Crippen LogP contribution in [0.2, 0.25) is 10.0 Å². The van der Waals surface area contributed by atoms with Gasteiger partial charge < -0.3 is 4.98 Å². The van der Waals surface area contributed by atoms with Gasteiger partial charge in [0.1, 0.15) is 0 Å². The number of pyridine rings is 1. The van der Waals surface area contributed by atoms with E-state index in [1.165, 1.54) is 0 Å². The number of aryl methyl sites for hydroxylation is 2. The summed E-state index contributed by atoms with van der Waals surface area (Å²) in [6.07, 6.45) is 0. The molecule has 1 heterocycles. The Morgan fingerprint density at radius 1 is 1.12 bits per heavy atom. The standard InChI is InChI=1S/C13H11Cl2NO/c1-7-5-12(17)13(8(2)16-7)10-4-3-9(14)6-11(10)15/h3-6H,1-2H3,(H,16,17). The summed E-state index contributed by atoms with van der Waals surface area (Å²) in [6, 6.07) is 6.68. The lowest BCUT2D eigenvalue weighted by atomic mass is 10.0. The zero-order chi connectivity index (χ0) is 12.6. The number of benzene rings is 1. The molecule has 1 N–H and O–H groups in total. The molecule has 0 unspecified atom stereocenters. The van der Waals surface area contributed by atoms with E-state index >= 15 is 0 Å². The number of hydrogen-bond donors (Lipinski definition) is 1. The first kappa shape index (κ1) is 12.2. The van der Waals surface area contributed by atoms with Gasteiger partial charge in [0.15, 0.2) is 5.43 Å². The lowest BCUT2D eigenvalue weighted by molar-refractivity contribution is 1.11. The van der Waals surface area contributed by atoms with Gasteiger partial charge in [-0.1, -0.05) is 29.3 Å². The maximum Gasteiger partial charge on any atom is 0.189 e. The summed E-state index contributed by atoms with van der Waals surface area (Å²) in [6.45, 7) is 3.70. The van der Waals surface area contributed by atoms with Crippen molar-refractivity contribution >= 4 is 23.2 Å². The highest BCUT2D eigenvalue weighted by molar-refractivity contribution is 6.36. The molecule has 0 radical (unpaired) electrons. The smallest absolute Gasteiger partial charge is 0.189 e. The highest BCUT2D eigenvalue weighted by Gasteiger charge is 2.11. The monoisotopic (exact) mass is 267 g/mol. The molecule has 0 saturated heterocycles. The van der Waals surface area contributed by atoms with Crippen LogP contribution in [0.3, 0.4) is 0 Å². The average molecular weight is 268 g/mol. The van der Waals surface area contributed by atoms with E-state index in [4.69, 9.17) is 23.2 Å². The summed E-state index contributed by atoms with van der Waals surface area (Å²) in [5, 5.41) is 1.04. The Balaban J connectivity index is 2.73. The zero-order valence-corrected chi connectivity index (χ0v) is 11.0. The Labute approximate surface area is 109 Å². The number of halogens is 2. The third-order valence-electron chi connectivity index (χ3n) is 2.55. The van der Waals surface area contributed by atoms with E-state index in [2.05, 4.69) is 4.98 Å². The van der Waals surface area contributed by atoms with Crippen LogP contribution in [0.1, 0.15) is 11.4 Å². The van der Waals surface area contributed by atoms with Crippen molar-refractivity contribution in [3.8, 4) is 11.1 Å². The van der Waals surface area contributed by atoms with Gasteiger partial charge in [-0.25, -0.2) is 0 Å². The first-order valence-electron chi connectivity index (χ1n) is 5.15. The molecule has 4 heteroatoms. The number of H-pyrrole nitrogens is 1. The van der Waals surface area contributed by atoms with E-state index in [0.29, 0.717) is 21.2 Å². The van der Waals surface area contributed by atoms with E-state index in [-0.39, 0.29) is 5.43 Å². The molecule has 0 fully saturated rings. The van der Waals surface area contributed by atoms with Gasteiger partial charge in [-0.15, -0.1) is 0 Å². The van der Waals surface area contributed by atoms with Crippen LogP contribution in [-0.4, -0.2) is 4.98 Å². The summed E-state index contributed by atoms with van der Waals surface area (Å²) in [5.74, 6) is 0. The molecule has 0 aliphatic carbocycles. The average Bonchev–Trinajstić information content (AvgIpc) is 2.19. The highest BCUT2D eigenvalue weighted by Crippen LogP contribution is 2.29. The molecule has 0 aliphatic heterocycles. The van der Waals surface area contributed by atoms with Crippen molar-refractivity contribution in [2.45, 2.75) is 13.8 Å². The van der Waals surface area contributed by atoms with Crippen molar-refractivity contribution in [2.24, 2.45) is 0 Å². The van der Waals surface area contributed by atoms with Gasteiger partial charge in [-0.3, -0.25) is 4.79 Å². The van der Waals surface area contributed by atoms with Crippen LogP contribution in [-0.2, 0) is 0 Å². The third-order valence-corrected chi connectivity index (χ3v) is 3.10. The Morgan fingerprint density at radius 3 is 2.41 bits per heavy atom. The minimum absolute atomic E-state index is 0.0389. The Bertz CT molecular complexity index is 632. The minimum atomic E-state index is -0.0389. The summed E-state index contributed by atoms with van der Waals surface area (Å²) in [5.41, 5.74) is 2.90. The SMILES string of the molecule is Cc1cc(=O)c(-c2ccc(Cl)cc2Cl)c(C)[nH]1. The van der Waals surface area contributed by atoms with Crippen LogP contribution in [0, 0.1) is 13.8 Å². The second kappa shape index (κ2) is 4.55. The maximum atomic E-state index is 12.0. The summed E-state index contributed by atoms with van der Waals surface area (Å²) < 4.78 is 0. The molecule has 1 aromatic heterocycles. The van der Waals surface area contributed by atoms with E-state index in [1.807, 2.05) is 13.8 Å². The first-order valence-corrected chi connectivity index (χ1v) is 5.90. The molecule has 2 rings (SSSR count). The molecular formula is C13H11Cl2NO. The van der Waals surface area contributed by atoms with E-state index < -0.39 is 0 Å². The van der Waals surface area contributed by atoms with Gasteiger partial charge in [0.25, 0.3) is 0 Å². The van der Waals surface area contributed by atoms with E-state index in [1.54, 1.807) is 24.3 Å². The number of aromatic nitrogens is 1. The number of aromatic amines is 1. The van der Waals surface area contributed by atoms with Gasteiger partial charge in [0.2, 0.25) is 0 Å². The van der Waals surface area contributed by atoms with Gasteiger partial charge in [-0.2, -0.15) is 0 Å². The summed E-state index contributed by atoms with van der Waals surface area (Å²) in [7, 11) is 0. The van der Waals surface area contributed by atoms with Crippen molar-refractivity contribution in [2.75, 3.05) is 0 Å². The Kier molecular flexibility index (Phi) is 3.27. The highest BCUT2D eigenvalue weighted by atomic mass is 35.5. The van der Waals surface area contributed by atoms with Crippen molar-refractivity contribution in [3.05, 3.63) is 55.9 Å². The lowest BCUT2D eigenvalue weighted by Gasteiger charge is -2.08. The van der Waals surface area contributed by atoms with Crippen LogP contribution >= 0.6 is 23.2 Å². The fourth-order valence-corrected chi connectivity index (χ4v) is 2.38. The summed E-state index contributed by atoms with van der Waals surface area (Å²) >= 11 is 11.9. The second-order valence-electron chi connectivity index (χ2n) is 3.94. The number of hydrogen-bond acceptors (Lipinski definition) is 1. The van der Waals surface area contributed by atoms with Crippen molar-refractivity contribution in [3.63, 3.8) is 0 Å².